The Balaban J connectivity index is 2.30. The van der Waals surface area contributed by atoms with Crippen molar-refractivity contribution in [3.05, 3.63) is 62.8 Å². The Hall–Kier alpha value is -1.10. The van der Waals surface area contributed by atoms with E-state index in [0.29, 0.717) is 6.42 Å². The van der Waals surface area contributed by atoms with E-state index < -0.39 is 5.82 Å². The second-order valence-electron chi connectivity index (χ2n) is 4.68. The number of hydrogen-bond acceptors (Lipinski definition) is 2. The van der Waals surface area contributed by atoms with Crippen LogP contribution in [-0.4, -0.2) is 14.2 Å². The summed E-state index contributed by atoms with van der Waals surface area (Å²) in [5.41, 5.74) is 1.89. The van der Waals surface area contributed by atoms with E-state index in [-0.39, 0.29) is 11.1 Å². The molecule has 0 bridgehead atoms. The van der Waals surface area contributed by atoms with Crippen LogP contribution in [0.5, 0.6) is 5.75 Å². The third-order valence-electron chi connectivity index (χ3n) is 3.36. The van der Waals surface area contributed by atoms with Crippen molar-refractivity contribution in [2.45, 2.75) is 12.5 Å². The first-order chi connectivity index (χ1) is 10.0. The SMILES string of the molecule is CNC(Cc1cc(Br)ccc1OC)c1ccc(Cl)c(F)c1. The van der Waals surface area contributed by atoms with Gasteiger partial charge in [0.25, 0.3) is 0 Å². The number of benzene rings is 2. The average Bonchev–Trinajstić information content (AvgIpc) is 2.48. The van der Waals surface area contributed by atoms with Crippen molar-refractivity contribution in [1.82, 2.24) is 5.32 Å². The molecule has 1 N–H and O–H groups in total. The molecule has 0 aliphatic carbocycles. The summed E-state index contributed by atoms with van der Waals surface area (Å²) >= 11 is 9.20. The van der Waals surface area contributed by atoms with Gasteiger partial charge in [-0.25, -0.2) is 4.39 Å². The maximum Gasteiger partial charge on any atom is 0.142 e. The number of halogens is 3. The van der Waals surface area contributed by atoms with E-state index in [1.54, 1.807) is 13.2 Å². The lowest BCUT2D eigenvalue weighted by molar-refractivity contribution is 0.406. The fraction of sp³-hybridized carbons (Fsp3) is 0.250. The molecule has 0 radical (unpaired) electrons. The Morgan fingerprint density at radius 1 is 1.29 bits per heavy atom. The summed E-state index contributed by atoms with van der Waals surface area (Å²) in [6.07, 6.45) is 0.681. The summed E-state index contributed by atoms with van der Waals surface area (Å²) in [7, 11) is 3.49. The highest BCUT2D eigenvalue weighted by Crippen LogP contribution is 2.29. The zero-order valence-corrected chi connectivity index (χ0v) is 14.1. The molecule has 2 rings (SSSR count). The van der Waals surface area contributed by atoms with Crippen LogP contribution in [0.25, 0.3) is 0 Å². The van der Waals surface area contributed by atoms with E-state index in [0.717, 1.165) is 21.3 Å². The minimum absolute atomic E-state index is 0.0278. The zero-order chi connectivity index (χ0) is 15.4. The van der Waals surface area contributed by atoms with E-state index in [2.05, 4.69) is 21.2 Å². The summed E-state index contributed by atoms with van der Waals surface area (Å²) < 4.78 is 20.0. The Morgan fingerprint density at radius 3 is 2.67 bits per heavy atom. The summed E-state index contributed by atoms with van der Waals surface area (Å²) in [6, 6.07) is 10.7. The van der Waals surface area contributed by atoms with Gasteiger partial charge in [-0.15, -0.1) is 0 Å². The number of rotatable bonds is 5. The zero-order valence-electron chi connectivity index (χ0n) is 11.8. The molecule has 0 fully saturated rings. The molecule has 112 valence electrons. The molecule has 2 nitrogen and oxygen atoms in total. The van der Waals surface area contributed by atoms with Gasteiger partial charge >= 0.3 is 0 Å². The summed E-state index contributed by atoms with van der Waals surface area (Å²) in [5, 5.41) is 3.34. The number of nitrogens with one attached hydrogen (secondary N) is 1. The van der Waals surface area contributed by atoms with Crippen molar-refractivity contribution in [2.75, 3.05) is 14.2 Å². The van der Waals surface area contributed by atoms with Gasteiger partial charge in [-0.1, -0.05) is 33.6 Å². The highest BCUT2D eigenvalue weighted by molar-refractivity contribution is 9.10. The predicted molar refractivity (Wildman–Crippen MR) is 87.6 cm³/mol. The minimum atomic E-state index is -0.407. The first-order valence-corrected chi connectivity index (χ1v) is 7.67. The fourth-order valence-corrected chi connectivity index (χ4v) is 2.77. The monoisotopic (exact) mass is 371 g/mol. The molecule has 0 saturated heterocycles. The molecule has 2 aromatic carbocycles. The van der Waals surface area contributed by atoms with Gasteiger partial charge in [-0.2, -0.15) is 0 Å². The van der Waals surface area contributed by atoms with E-state index in [1.807, 2.05) is 31.3 Å². The maximum atomic E-state index is 13.6. The molecular weight excluding hydrogens is 357 g/mol. The molecule has 1 atom stereocenters. The van der Waals surface area contributed by atoms with Crippen LogP contribution in [0, 0.1) is 5.82 Å². The van der Waals surface area contributed by atoms with Crippen LogP contribution in [0.3, 0.4) is 0 Å². The Kier molecular flexibility index (Phi) is 5.62. The minimum Gasteiger partial charge on any atom is -0.496 e. The van der Waals surface area contributed by atoms with E-state index >= 15 is 0 Å². The van der Waals surface area contributed by atoms with Crippen molar-refractivity contribution in [3.8, 4) is 5.75 Å². The smallest absolute Gasteiger partial charge is 0.142 e. The van der Waals surface area contributed by atoms with Gasteiger partial charge in [0, 0.05) is 10.5 Å². The molecule has 0 aliphatic rings. The molecule has 0 aliphatic heterocycles. The van der Waals surface area contributed by atoms with Crippen LogP contribution in [0.15, 0.2) is 40.9 Å². The summed E-state index contributed by atoms with van der Waals surface area (Å²) in [4.78, 5) is 0. The van der Waals surface area contributed by atoms with Gasteiger partial charge in [0.2, 0.25) is 0 Å². The van der Waals surface area contributed by atoms with Gasteiger partial charge in [0.15, 0.2) is 0 Å². The average molecular weight is 373 g/mol. The molecule has 0 saturated carbocycles. The second kappa shape index (κ2) is 7.25. The number of ether oxygens (including phenoxy) is 1. The number of likely N-dealkylation sites (N-methyl/N-ethyl adjacent to an activating group) is 1. The number of methoxy groups -OCH3 is 1. The van der Waals surface area contributed by atoms with E-state index in [4.69, 9.17) is 16.3 Å². The Morgan fingerprint density at radius 2 is 2.05 bits per heavy atom. The molecule has 0 amide bonds. The fourth-order valence-electron chi connectivity index (χ4n) is 2.24. The van der Waals surface area contributed by atoms with Crippen LogP contribution in [-0.2, 0) is 6.42 Å². The first-order valence-electron chi connectivity index (χ1n) is 6.49. The quantitative estimate of drug-likeness (QED) is 0.817. The lowest BCUT2D eigenvalue weighted by atomic mass is 9.98. The molecular formula is C16H16BrClFNO. The van der Waals surface area contributed by atoms with E-state index in [9.17, 15) is 4.39 Å². The maximum absolute atomic E-state index is 13.6. The third kappa shape index (κ3) is 3.96. The Labute approximate surface area is 137 Å². The molecule has 0 spiro atoms. The number of hydrogen-bond donors (Lipinski definition) is 1. The predicted octanol–water partition coefficient (Wildman–Crippen LogP) is 4.75. The van der Waals surface area contributed by atoms with Crippen LogP contribution in [0.2, 0.25) is 5.02 Å². The van der Waals surface area contributed by atoms with Crippen molar-refractivity contribution >= 4 is 27.5 Å². The highest BCUT2D eigenvalue weighted by atomic mass is 79.9. The molecule has 0 aromatic heterocycles. The van der Waals surface area contributed by atoms with Gasteiger partial charge in [0.05, 0.1) is 12.1 Å². The standard InChI is InChI=1S/C16H16BrClFNO/c1-20-15(10-3-5-13(18)14(19)8-10)9-11-7-12(17)4-6-16(11)21-2/h3-8,15,20H,9H2,1-2H3. The lowest BCUT2D eigenvalue weighted by Gasteiger charge is -2.19. The second-order valence-corrected chi connectivity index (χ2v) is 6.00. The normalized spacial score (nSPS) is 12.2. The molecule has 0 heterocycles. The van der Waals surface area contributed by atoms with Gasteiger partial charge in [-0.05, 0) is 54.9 Å². The van der Waals surface area contributed by atoms with Crippen LogP contribution >= 0.6 is 27.5 Å². The summed E-state index contributed by atoms with van der Waals surface area (Å²) in [5.74, 6) is 0.406. The lowest BCUT2D eigenvalue weighted by Crippen LogP contribution is -2.19. The molecule has 21 heavy (non-hydrogen) atoms. The van der Waals surface area contributed by atoms with E-state index in [1.165, 1.54) is 6.07 Å². The largest absolute Gasteiger partial charge is 0.496 e. The van der Waals surface area contributed by atoms with Crippen LogP contribution < -0.4 is 10.1 Å². The van der Waals surface area contributed by atoms with Crippen LogP contribution in [0.4, 0.5) is 4.39 Å². The Bertz CT molecular complexity index is 636. The highest BCUT2D eigenvalue weighted by Gasteiger charge is 2.15. The van der Waals surface area contributed by atoms with Crippen molar-refractivity contribution in [1.29, 1.82) is 0 Å². The first kappa shape index (κ1) is 16.3. The van der Waals surface area contributed by atoms with Gasteiger partial charge in [0.1, 0.15) is 11.6 Å². The molecule has 1 unspecified atom stereocenters. The van der Waals surface area contributed by atoms with Crippen molar-refractivity contribution in [3.63, 3.8) is 0 Å². The molecule has 5 heteroatoms. The summed E-state index contributed by atoms with van der Waals surface area (Å²) in [6.45, 7) is 0. The van der Waals surface area contributed by atoms with Crippen molar-refractivity contribution < 1.29 is 9.13 Å². The van der Waals surface area contributed by atoms with Gasteiger partial charge < -0.3 is 10.1 Å². The topological polar surface area (TPSA) is 21.3 Å². The third-order valence-corrected chi connectivity index (χ3v) is 4.16. The van der Waals surface area contributed by atoms with Crippen molar-refractivity contribution in [2.24, 2.45) is 0 Å². The van der Waals surface area contributed by atoms with Crippen LogP contribution in [0.1, 0.15) is 17.2 Å². The molecule has 2 aromatic rings. The van der Waals surface area contributed by atoms with Gasteiger partial charge in [-0.3, -0.25) is 0 Å².